The molecule has 1 fully saturated rings. The van der Waals surface area contributed by atoms with Crippen LogP contribution in [0.25, 0.3) is 10.2 Å². The van der Waals surface area contributed by atoms with Crippen LogP contribution in [0, 0.1) is 0 Å². The highest BCUT2D eigenvalue weighted by Gasteiger charge is 2.29. The number of benzene rings is 1. The van der Waals surface area contributed by atoms with Gasteiger partial charge in [-0.2, -0.15) is 0 Å². The van der Waals surface area contributed by atoms with Gasteiger partial charge in [-0.15, -0.1) is 0 Å². The van der Waals surface area contributed by atoms with Gasteiger partial charge in [0.25, 0.3) is 5.91 Å². The van der Waals surface area contributed by atoms with Gasteiger partial charge in [0.15, 0.2) is 11.0 Å². The average molecular weight is 372 g/mol. The first-order valence-electron chi connectivity index (χ1n) is 8.51. The molecule has 3 aromatic rings. The molecule has 4 rings (SSSR count). The van der Waals surface area contributed by atoms with Crippen LogP contribution in [0.4, 0.5) is 5.13 Å². The molecule has 26 heavy (non-hydrogen) atoms. The van der Waals surface area contributed by atoms with Gasteiger partial charge in [0.2, 0.25) is 0 Å². The van der Waals surface area contributed by atoms with Gasteiger partial charge >= 0.3 is 0 Å². The molecule has 1 aromatic carbocycles. The summed E-state index contributed by atoms with van der Waals surface area (Å²) in [5.41, 5.74) is 0.764. The van der Waals surface area contributed by atoms with E-state index in [0.29, 0.717) is 23.3 Å². The lowest BCUT2D eigenvalue weighted by Gasteiger charge is -2.22. The fraction of sp³-hybridized carbons (Fsp3) is 0.389. The maximum atomic E-state index is 13.2. The number of aryl methyl sites for hydroxylation is 1. The second-order valence-corrected chi connectivity index (χ2v) is 7.23. The third-order valence-electron chi connectivity index (χ3n) is 4.49. The Morgan fingerprint density at radius 1 is 1.50 bits per heavy atom. The molecule has 1 aliphatic heterocycles. The topological polar surface area (TPSA) is 69.5 Å². The first-order valence-corrected chi connectivity index (χ1v) is 9.33. The Bertz CT molecular complexity index is 930. The molecule has 0 aliphatic carbocycles. The van der Waals surface area contributed by atoms with Gasteiger partial charge in [-0.1, -0.05) is 17.4 Å². The summed E-state index contributed by atoms with van der Waals surface area (Å²) in [7, 11) is 3.43. The number of anilines is 1. The highest BCUT2D eigenvalue weighted by molar-refractivity contribution is 7.22. The van der Waals surface area contributed by atoms with Crippen molar-refractivity contribution < 1.29 is 14.3 Å². The van der Waals surface area contributed by atoms with E-state index >= 15 is 0 Å². The number of rotatable bonds is 5. The molecule has 0 radical (unpaired) electrons. The van der Waals surface area contributed by atoms with E-state index in [9.17, 15) is 4.79 Å². The van der Waals surface area contributed by atoms with Crippen molar-refractivity contribution in [2.75, 3.05) is 25.2 Å². The molecule has 7 nitrogen and oxygen atoms in total. The minimum atomic E-state index is -0.175. The molecular formula is C18H20N4O3S. The molecule has 2 aromatic heterocycles. The van der Waals surface area contributed by atoms with E-state index in [1.165, 1.54) is 11.3 Å². The largest absolute Gasteiger partial charge is 0.494 e. The van der Waals surface area contributed by atoms with E-state index in [-0.39, 0.29) is 12.0 Å². The van der Waals surface area contributed by atoms with E-state index in [2.05, 4.69) is 4.98 Å². The molecule has 1 saturated heterocycles. The molecule has 1 aliphatic rings. The quantitative estimate of drug-likeness (QED) is 0.689. The molecule has 1 unspecified atom stereocenters. The van der Waals surface area contributed by atoms with Crippen LogP contribution in [-0.4, -0.2) is 46.8 Å². The van der Waals surface area contributed by atoms with E-state index in [1.54, 1.807) is 29.0 Å². The number of thiazole rings is 1. The van der Waals surface area contributed by atoms with E-state index in [4.69, 9.17) is 14.5 Å². The van der Waals surface area contributed by atoms with Crippen LogP contribution in [0.15, 0.2) is 30.6 Å². The summed E-state index contributed by atoms with van der Waals surface area (Å²) in [4.78, 5) is 23.8. The van der Waals surface area contributed by atoms with E-state index in [1.807, 2.05) is 25.2 Å². The molecule has 3 heterocycles. The molecular weight excluding hydrogens is 352 g/mol. The maximum absolute atomic E-state index is 13.2. The zero-order chi connectivity index (χ0) is 18.1. The van der Waals surface area contributed by atoms with Crippen molar-refractivity contribution in [3.05, 3.63) is 36.4 Å². The first kappa shape index (κ1) is 17.0. The van der Waals surface area contributed by atoms with Gasteiger partial charge in [0.05, 0.1) is 24.5 Å². The van der Waals surface area contributed by atoms with Crippen LogP contribution in [0.3, 0.4) is 0 Å². The standard InChI is InChI=1S/C18H20N4O3S/c1-21-9-8-19-16(21)17(23)22(11-12-5-4-10-25-12)18-20-15-13(24-2)6-3-7-14(15)26-18/h3,6-9,12H,4-5,10-11H2,1-2H3. The maximum Gasteiger partial charge on any atom is 0.296 e. The molecule has 0 N–H and O–H groups in total. The minimum Gasteiger partial charge on any atom is -0.494 e. The van der Waals surface area contributed by atoms with Crippen molar-refractivity contribution in [2.45, 2.75) is 18.9 Å². The third kappa shape index (κ3) is 3.06. The van der Waals surface area contributed by atoms with Crippen LogP contribution in [0.1, 0.15) is 23.5 Å². The highest BCUT2D eigenvalue weighted by Crippen LogP contribution is 2.35. The van der Waals surface area contributed by atoms with Crippen LogP contribution in [0.2, 0.25) is 0 Å². The van der Waals surface area contributed by atoms with Gasteiger partial charge < -0.3 is 14.0 Å². The van der Waals surface area contributed by atoms with Crippen molar-refractivity contribution in [3.8, 4) is 5.75 Å². The van der Waals surface area contributed by atoms with Gasteiger partial charge in [0, 0.05) is 26.0 Å². The van der Waals surface area contributed by atoms with Crippen molar-refractivity contribution >= 4 is 32.6 Å². The van der Waals surface area contributed by atoms with E-state index < -0.39 is 0 Å². The number of fused-ring (bicyclic) bond motifs is 1. The number of ether oxygens (including phenoxy) is 2. The molecule has 8 heteroatoms. The Morgan fingerprint density at radius 3 is 3.08 bits per heavy atom. The number of amides is 1. The number of imidazole rings is 1. The summed E-state index contributed by atoms with van der Waals surface area (Å²) in [5.74, 6) is 0.909. The Hall–Kier alpha value is -2.45. The Morgan fingerprint density at radius 2 is 2.38 bits per heavy atom. The smallest absolute Gasteiger partial charge is 0.296 e. The highest BCUT2D eigenvalue weighted by atomic mass is 32.1. The second kappa shape index (κ2) is 7.05. The van der Waals surface area contributed by atoms with Gasteiger partial charge in [-0.3, -0.25) is 9.69 Å². The van der Waals surface area contributed by atoms with Crippen molar-refractivity contribution in [2.24, 2.45) is 7.05 Å². The molecule has 1 amide bonds. The number of nitrogens with zero attached hydrogens (tertiary/aromatic N) is 4. The van der Waals surface area contributed by atoms with Crippen molar-refractivity contribution in [3.63, 3.8) is 0 Å². The lowest BCUT2D eigenvalue weighted by molar-refractivity contribution is 0.0906. The molecule has 136 valence electrons. The van der Waals surface area contributed by atoms with Gasteiger partial charge in [-0.05, 0) is 25.0 Å². The molecule has 0 saturated carbocycles. The summed E-state index contributed by atoms with van der Waals surface area (Å²) in [6, 6.07) is 5.78. The number of para-hydroxylation sites is 1. The Kier molecular flexibility index (Phi) is 4.60. The molecule has 1 atom stereocenters. The monoisotopic (exact) mass is 372 g/mol. The minimum absolute atomic E-state index is 0.0214. The number of carbonyl (C=O) groups is 1. The lowest BCUT2D eigenvalue weighted by atomic mass is 10.2. The first-order chi connectivity index (χ1) is 12.7. The average Bonchev–Trinajstić information content (AvgIpc) is 3.38. The summed E-state index contributed by atoms with van der Waals surface area (Å²) < 4.78 is 13.9. The Labute approximate surface area is 155 Å². The van der Waals surface area contributed by atoms with Crippen LogP contribution < -0.4 is 9.64 Å². The summed E-state index contributed by atoms with van der Waals surface area (Å²) >= 11 is 1.47. The number of carbonyl (C=O) groups excluding carboxylic acids is 1. The second-order valence-electron chi connectivity index (χ2n) is 6.22. The third-order valence-corrected chi connectivity index (χ3v) is 5.53. The van der Waals surface area contributed by atoms with Crippen LogP contribution in [-0.2, 0) is 11.8 Å². The summed E-state index contributed by atoms with van der Waals surface area (Å²) in [5, 5.41) is 0.632. The number of methoxy groups -OCH3 is 1. The fourth-order valence-electron chi connectivity index (χ4n) is 3.12. The summed E-state index contributed by atoms with van der Waals surface area (Å²) in [6.07, 6.45) is 5.37. The van der Waals surface area contributed by atoms with Gasteiger partial charge in [0.1, 0.15) is 11.3 Å². The number of hydrogen-bond acceptors (Lipinski definition) is 6. The normalized spacial score (nSPS) is 16.9. The van der Waals surface area contributed by atoms with Crippen LogP contribution >= 0.6 is 11.3 Å². The Balaban J connectivity index is 1.74. The number of hydrogen-bond donors (Lipinski definition) is 0. The van der Waals surface area contributed by atoms with E-state index in [0.717, 1.165) is 29.7 Å². The van der Waals surface area contributed by atoms with Crippen LogP contribution in [0.5, 0.6) is 5.75 Å². The fourth-order valence-corrected chi connectivity index (χ4v) is 4.11. The lowest BCUT2D eigenvalue weighted by Crippen LogP contribution is -2.38. The predicted molar refractivity (Wildman–Crippen MR) is 100 cm³/mol. The van der Waals surface area contributed by atoms with Gasteiger partial charge in [-0.25, -0.2) is 9.97 Å². The molecule has 0 bridgehead atoms. The van der Waals surface area contributed by atoms with Crippen molar-refractivity contribution in [1.82, 2.24) is 14.5 Å². The number of aromatic nitrogens is 3. The zero-order valence-corrected chi connectivity index (χ0v) is 15.5. The van der Waals surface area contributed by atoms with Crippen molar-refractivity contribution in [1.29, 1.82) is 0 Å². The predicted octanol–water partition coefficient (Wildman–Crippen LogP) is 2.86. The SMILES string of the molecule is COc1cccc2sc(N(CC3CCCO3)C(=O)c3nccn3C)nc12. The molecule has 0 spiro atoms. The zero-order valence-electron chi connectivity index (χ0n) is 14.7. The summed E-state index contributed by atoms with van der Waals surface area (Å²) in [6.45, 7) is 1.20.